The molecular formula is C18H21ClN2O2. The molecule has 0 aliphatic carbocycles. The zero-order valence-corrected chi connectivity index (χ0v) is 13.9. The monoisotopic (exact) mass is 332 g/mol. The topological polar surface area (TPSA) is 55.2 Å². The Labute approximate surface area is 141 Å². The molecule has 0 amide bonds. The number of hydrogen-bond donors (Lipinski definition) is 1. The van der Waals surface area contributed by atoms with Crippen LogP contribution in [0.4, 0.5) is 5.69 Å². The lowest BCUT2D eigenvalue weighted by molar-refractivity contribution is -0.384. The Morgan fingerprint density at radius 1 is 1.09 bits per heavy atom. The molecule has 0 bridgehead atoms. The molecule has 0 aliphatic heterocycles. The normalized spacial score (nSPS) is 12.1. The van der Waals surface area contributed by atoms with E-state index < -0.39 is 0 Å². The van der Waals surface area contributed by atoms with Crippen molar-refractivity contribution >= 4 is 17.3 Å². The average molecular weight is 333 g/mol. The van der Waals surface area contributed by atoms with Gasteiger partial charge >= 0.3 is 0 Å². The number of aryl methyl sites for hydroxylation is 1. The third kappa shape index (κ3) is 6.00. The molecule has 1 atom stereocenters. The second-order valence-electron chi connectivity index (χ2n) is 5.71. The van der Waals surface area contributed by atoms with Crippen LogP contribution < -0.4 is 5.32 Å². The predicted molar refractivity (Wildman–Crippen MR) is 94.0 cm³/mol. The molecular weight excluding hydrogens is 312 g/mol. The molecule has 1 unspecified atom stereocenters. The van der Waals surface area contributed by atoms with Gasteiger partial charge in [-0.25, -0.2) is 0 Å². The summed E-state index contributed by atoms with van der Waals surface area (Å²) >= 11 is 5.88. The van der Waals surface area contributed by atoms with Crippen LogP contribution >= 0.6 is 11.6 Å². The fraction of sp³-hybridized carbons (Fsp3) is 0.333. The molecule has 0 heterocycles. The SMILES string of the molecule is CC(Cc1ccc(Cl)cc1)NCCCc1ccc([N+](=O)[O-])cc1. The van der Waals surface area contributed by atoms with Crippen molar-refractivity contribution in [3.05, 3.63) is 74.8 Å². The van der Waals surface area contributed by atoms with E-state index in [-0.39, 0.29) is 10.6 Å². The van der Waals surface area contributed by atoms with E-state index in [2.05, 4.69) is 24.4 Å². The van der Waals surface area contributed by atoms with Gasteiger partial charge in [-0.3, -0.25) is 10.1 Å². The van der Waals surface area contributed by atoms with E-state index in [0.717, 1.165) is 36.4 Å². The van der Waals surface area contributed by atoms with Crippen molar-refractivity contribution in [2.75, 3.05) is 6.54 Å². The first-order chi connectivity index (χ1) is 11.0. The highest BCUT2D eigenvalue weighted by Gasteiger charge is 2.05. The number of halogens is 1. The van der Waals surface area contributed by atoms with Crippen molar-refractivity contribution in [1.29, 1.82) is 0 Å². The van der Waals surface area contributed by atoms with E-state index in [1.807, 2.05) is 24.3 Å². The fourth-order valence-electron chi connectivity index (χ4n) is 2.47. The standard InChI is InChI=1S/C18H21ClN2O2/c1-14(13-16-4-8-17(19)9-5-16)20-12-2-3-15-6-10-18(11-7-15)21(22)23/h4-11,14,20H,2-3,12-13H2,1H3. The summed E-state index contributed by atoms with van der Waals surface area (Å²) in [4.78, 5) is 10.2. The van der Waals surface area contributed by atoms with Crippen molar-refractivity contribution < 1.29 is 4.92 Å². The van der Waals surface area contributed by atoms with Crippen LogP contribution in [0.2, 0.25) is 5.02 Å². The van der Waals surface area contributed by atoms with Crippen molar-refractivity contribution in [2.45, 2.75) is 32.2 Å². The number of benzene rings is 2. The summed E-state index contributed by atoms with van der Waals surface area (Å²) in [6.45, 7) is 3.09. The molecule has 1 N–H and O–H groups in total. The minimum atomic E-state index is -0.371. The largest absolute Gasteiger partial charge is 0.314 e. The summed E-state index contributed by atoms with van der Waals surface area (Å²) in [6, 6.07) is 15.1. The molecule has 0 saturated heterocycles. The summed E-state index contributed by atoms with van der Waals surface area (Å²) in [5.74, 6) is 0. The van der Waals surface area contributed by atoms with Gasteiger partial charge in [0, 0.05) is 23.2 Å². The quantitative estimate of drug-likeness (QED) is 0.443. The molecule has 0 fully saturated rings. The van der Waals surface area contributed by atoms with Crippen LogP contribution in [0, 0.1) is 10.1 Å². The molecule has 0 saturated carbocycles. The Morgan fingerprint density at radius 2 is 1.70 bits per heavy atom. The van der Waals surface area contributed by atoms with E-state index in [4.69, 9.17) is 11.6 Å². The first-order valence-electron chi connectivity index (χ1n) is 7.76. The fourth-order valence-corrected chi connectivity index (χ4v) is 2.60. The number of nitro benzene ring substituents is 1. The maximum atomic E-state index is 10.6. The molecule has 0 radical (unpaired) electrons. The molecule has 2 aromatic carbocycles. The molecule has 2 aromatic rings. The van der Waals surface area contributed by atoms with Gasteiger partial charge in [0.05, 0.1) is 4.92 Å². The summed E-state index contributed by atoms with van der Waals surface area (Å²) in [7, 11) is 0. The molecule has 0 aliphatic rings. The number of nitro groups is 1. The zero-order chi connectivity index (χ0) is 16.7. The lowest BCUT2D eigenvalue weighted by Crippen LogP contribution is -2.29. The Hall–Kier alpha value is -1.91. The molecule has 23 heavy (non-hydrogen) atoms. The van der Waals surface area contributed by atoms with Gasteiger partial charge in [0.25, 0.3) is 5.69 Å². The summed E-state index contributed by atoms with van der Waals surface area (Å²) in [5.41, 5.74) is 2.54. The highest BCUT2D eigenvalue weighted by Crippen LogP contribution is 2.13. The van der Waals surface area contributed by atoms with E-state index in [1.54, 1.807) is 12.1 Å². The second-order valence-corrected chi connectivity index (χ2v) is 6.15. The van der Waals surface area contributed by atoms with E-state index >= 15 is 0 Å². The van der Waals surface area contributed by atoms with Crippen LogP contribution in [-0.2, 0) is 12.8 Å². The predicted octanol–water partition coefficient (Wildman–Crippen LogP) is 4.40. The zero-order valence-electron chi connectivity index (χ0n) is 13.2. The summed E-state index contributed by atoms with van der Waals surface area (Å²) in [6.07, 6.45) is 2.89. The van der Waals surface area contributed by atoms with Gasteiger partial charge in [-0.1, -0.05) is 35.9 Å². The van der Waals surface area contributed by atoms with Crippen molar-refractivity contribution in [3.63, 3.8) is 0 Å². The van der Waals surface area contributed by atoms with Gasteiger partial charge in [-0.2, -0.15) is 0 Å². The Balaban J connectivity index is 1.68. The van der Waals surface area contributed by atoms with Crippen LogP contribution in [0.25, 0.3) is 0 Å². The minimum absolute atomic E-state index is 0.142. The molecule has 4 nitrogen and oxygen atoms in total. The highest BCUT2D eigenvalue weighted by molar-refractivity contribution is 6.30. The van der Waals surface area contributed by atoms with Gasteiger partial charge < -0.3 is 5.32 Å². The summed E-state index contributed by atoms with van der Waals surface area (Å²) < 4.78 is 0. The molecule has 0 spiro atoms. The van der Waals surface area contributed by atoms with Gasteiger partial charge in [0.2, 0.25) is 0 Å². The van der Waals surface area contributed by atoms with Crippen LogP contribution in [0.5, 0.6) is 0 Å². The number of nitrogens with one attached hydrogen (secondary N) is 1. The first-order valence-corrected chi connectivity index (χ1v) is 8.13. The van der Waals surface area contributed by atoms with Gasteiger partial charge in [-0.05, 0) is 56.0 Å². The van der Waals surface area contributed by atoms with E-state index in [9.17, 15) is 10.1 Å². The van der Waals surface area contributed by atoms with Gasteiger partial charge in [0.1, 0.15) is 0 Å². The van der Waals surface area contributed by atoms with Crippen molar-refractivity contribution in [3.8, 4) is 0 Å². The number of hydrogen-bond acceptors (Lipinski definition) is 3. The molecule has 0 aromatic heterocycles. The molecule has 122 valence electrons. The second kappa shape index (κ2) is 8.65. The lowest BCUT2D eigenvalue weighted by Gasteiger charge is -2.14. The van der Waals surface area contributed by atoms with Crippen LogP contribution in [0.3, 0.4) is 0 Å². The Bertz CT molecular complexity index is 626. The third-order valence-electron chi connectivity index (χ3n) is 3.74. The van der Waals surface area contributed by atoms with Crippen molar-refractivity contribution in [1.82, 2.24) is 5.32 Å². The number of nitrogens with zero attached hydrogens (tertiary/aromatic N) is 1. The van der Waals surface area contributed by atoms with E-state index in [0.29, 0.717) is 6.04 Å². The van der Waals surface area contributed by atoms with Gasteiger partial charge in [-0.15, -0.1) is 0 Å². The number of non-ortho nitro benzene ring substituents is 1. The first kappa shape index (κ1) is 17.4. The minimum Gasteiger partial charge on any atom is -0.314 e. The van der Waals surface area contributed by atoms with Crippen molar-refractivity contribution in [2.24, 2.45) is 0 Å². The Morgan fingerprint density at radius 3 is 2.30 bits per heavy atom. The third-order valence-corrected chi connectivity index (χ3v) is 3.99. The van der Waals surface area contributed by atoms with Gasteiger partial charge in [0.15, 0.2) is 0 Å². The molecule has 2 rings (SSSR count). The maximum absolute atomic E-state index is 10.6. The van der Waals surface area contributed by atoms with Crippen LogP contribution in [0.15, 0.2) is 48.5 Å². The van der Waals surface area contributed by atoms with E-state index in [1.165, 1.54) is 5.56 Å². The van der Waals surface area contributed by atoms with Crippen LogP contribution in [0.1, 0.15) is 24.5 Å². The maximum Gasteiger partial charge on any atom is 0.269 e. The smallest absolute Gasteiger partial charge is 0.269 e. The molecule has 5 heteroatoms. The Kier molecular flexibility index (Phi) is 6.56. The van der Waals surface area contributed by atoms with Crippen LogP contribution in [-0.4, -0.2) is 17.5 Å². The summed E-state index contributed by atoms with van der Waals surface area (Å²) in [5, 5.41) is 14.9. The lowest BCUT2D eigenvalue weighted by atomic mass is 10.1. The average Bonchev–Trinajstić information content (AvgIpc) is 2.54. The highest BCUT2D eigenvalue weighted by atomic mass is 35.5. The number of rotatable bonds is 8.